The van der Waals surface area contributed by atoms with Crippen molar-refractivity contribution in [3.8, 4) is 0 Å². The topological polar surface area (TPSA) is 54.4 Å². The number of hydrogen-bond donors (Lipinski definition) is 1. The van der Waals surface area contributed by atoms with Crippen LogP contribution in [0.1, 0.15) is 0 Å². The van der Waals surface area contributed by atoms with Gasteiger partial charge in [0.2, 0.25) is 0 Å². The third kappa shape index (κ3) is 282. The number of rotatable bonds is 0. The van der Waals surface area contributed by atoms with Gasteiger partial charge in [-0.05, 0) is 0 Å². The third-order valence-electron chi connectivity index (χ3n) is 0. The Balaban J connectivity index is 0. The monoisotopic (exact) mass is 151 g/mol. The summed E-state index contributed by atoms with van der Waals surface area (Å²) in [6.45, 7) is 0. The van der Waals surface area contributed by atoms with Gasteiger partial charge in [0.25, 0.3) is 10.1 Å². The second-order valence-corrected chi connectivity index (χ2v) is 2.20. The minimum atomic E-state index is -3.67. The maximum Gasteiger partial charge on any atom is 0.261 e. The van der Waals surface area contributed by atoms with Crippen LogP contribution < -0.4 is 0 Å². The van der Waals surface area contributed by atoms with Gasteiger partial charge in [0, 0.05) is 17.1 Å². The van der Waals surface area contributed by atoms with Crippen LogP contribution in [-0.2, 0) is 27.2 Å². The van der Waals surface area contributed by atoms with Crippen LogP contribution in [-0.4, -0.2) is 19.2 Å². The molecule has 6 heavy (non-hydrogen) atoms. The fraction of sp³-hybridized carbons (Fsp3) is 1.00. The smallest absolute Gasteiger partial charge is 0.261 e. The Hall–Kier alpha value is 0.429. The van der Waals surface area contributed by atoms with Crippen molar-refractivity contribution in [2.24, 2.45) is 0 Å². The molecule has 3 nitrogen and oxygen atoms in total. The van der Waals surface area contributed by atoms with E-state index < -0.39 is 10.1 Å². The van der Waals surface area contributed by atoms with Gasteiger partial charge in [0.1, 0.15) is 0 Å². The molecule has 0 atom stereocenters. The molecular weight excluding hydrogens is 147 g/mol. The summed E-state index contributed by atoms with van der Waals surface area (Å²) in [5.41, 5.74) is 0. The summed E-state index contributed by atoms with van der Waals surface area (Å²) in [6, 6.07) is 0. The van der Waals surface area contributed by atoms with E-state index in [0.717, 1.165) is 0 Å². The first-order chi connectivity index (χ1) is 2.00. The third-order valence-corrected chi connectivity index (χ3v) is 0. The summed E-state index contributed by atoms with van der Waals surface area (Å²) in [7, 11) is -3.67. The van der Waals surface area contributed by atoms with E-state index in [4.69, 9.17) is 4.55 Å². The molecule has 5 heteroatoms. The van der Waals surface area contributed by atoms with E-state index in [9.17, 15) is 8.42 Å². The van der Waals surface area contributed by atoms with Crippen molar-refractivity contribution in [3.63, 3.8) is 0 Å². The van der Waals surface area contributed by atoms with Crippen molar-refractivity contribution in [3.05, 3.63) is 0 Å². The van der Waals surface area contributed by atoms with Gasteiger partial charge >= 0.3 is 0 Å². The van der Waals surface area contributed by atoms with Crippen LogP contribution in [0.3, 0.4) is 0 Å². The van der Waals surface area contributed by atoms with Crippen LogP contribution in [0, 0.1) is 0 Å². The Bertz CT molecular complexity index is 94.0. The summed E-state index contributed by atoms with van der Waals surface area (Å²) >= 11 is 0. The average Bonchev–Trinajstić information content (AvgIpc) is 0.722. The van der Waals surface area contributed by atoms with E-state index >= 15 is 0 Å². The maximum absolute atomic E-state index is 9.19. The molecule has 0 rings (SSSR count). The summed E-state index contributed by atoms with van der Waals surface area (Å²) in [6.07, 6.45) is 0.715. The molecule has 0 unspecified atom stereocenters. The molecule has 0 heterocycles. The van der Waals surface area contributed by atoms with Crippen LogP contribution in [0.4, 0.5) is 0 Å². The fourth-order valence-corrected chi connectivity index (χ4v) is 0. The normalized spacial score (nSPS) is 9.67. The van der Waals surface area contributed by atoms with Gasteiger partial charge in [-0.2, -0.15) is 8.42 Å². The molecule has 0 saturated carbocycles. The van der Waals surface area contributed by atoms with Crippen molar-refractivity contribution in [2.75, 3.05) is 6.26 Å². The molecule has 0 saturated heterocycles. The molecule has 0 aliphatic carbocycles. The van der Waals surface area contributed by atoms with Crippen molar-refractivity contribution in [1.29, 1.82) is 0 Å². The predicted octanol–water partition coefficient (Wildman–Crippen LogP) is -0.498. The molecule has 39 valence electrons. The molecule has 0 aromatic heterocycles. The molecule has 0 aliphatic heterocycles. The molecule has 0 aromatic carbocycles. The largest absolute Gasteiger partial charge is 0.286 e. The van der Waals surface area contributed by atoms with Gasteiger partial charge in [-0.3, -0.25) is 4.55 Å². The Morgan fingerprint density at radius 2 is 1.50 bits per heavy atom. The van der Waals surface area contributed by atoms with E-state index in [0.29, 0.717) is 6.26 Å². The second-order valence-electron chi connectivity index (χ2n) is 0.733. The summed E-state index contributed by atoms with van der Waals surface area (Å²) in [5, 5.41) is 0. The molecule has 0 bridgehead atoms. The average molecular weight is 151 g/mol. The van der Waals surface area contributed by atoms with Crippen LogP contribution in [0.25, 0.3) is 0 Å². The van der Waals surface area contributed by atoms with Crippen molar-refractivity contribution in [2.45, 2.75) is 0 Å². The molecule has 1 N–H and O–H groups in total. The maximum atomic E-state index is 9.19. The Morgan fingerprint density at radius 3 is 1.50 bits per heavy atom. The Labute approximate surface area is 47.0 Å². The molecular formula is CH4MnO3S. The van der Waals surface area contributed by atoms with Crippen LogP contribution >= 0.6 is 0 Å². The Kier molecular flexibility index (Phi) is 4.15. The predicted molar refractivity (Wildman–Crippen MR) is 17.5 cm³/mol. The van der Waals surface area contributed by atoms with Gasteiger partial charge in [-0.25, -0.2) is 0 Å². The molecule has 0 spiro atoms. The first-order valence-corrected chi connectivity index (χ1v) is 2.77. The van der Waals surface area contributed by atoms with Crippen molar-refractivity contribution < 1.29 is 30.0 Å². The standard InChI is InChI=1S/CH4O3S.Mn/c1-5(2,3)4;/h1H3,(H,2,3,4);. The molecule has 0 fully saturated rings. The van der Waals surface area contributed by atoms with Gasteiger partial charge in [-0.1, -0.05) is 0 Å². The fourth-order valence-electron chi connectivity index (χ4n) is 0. The minimum Gasteiger partial charge on any atom is -0.286 e. The van der Waals surface area contributed by atoms with E-state index in [2.05, 4.69) is 0 Å². The summed E-state index contributed by atoms with van der Waals surface area (Å²) in [4.78, 5) is 0. The van der Waals surface area contributed by atoms with E-state index in [-0.39, 0.29) is 17.1 Å². The zero-order valence-corrected chi connectivity index (χ0v) is 5.05. The van der Waals surface area contributed by atoms with Crippen LogP contribution in [0.15, 0.2) is 0 Å². The van der Waals surface area contributed by atoms with Crippen molar-refractivity contribution >= 4 is 10.1 Å². The minimum absolute atomic E-state index is 0. The summed E-state index contributed by atoms with van der Waals surface area (Å²) < 4.78 is 25.9. The SMILES string of the molecule is CS(=O)(=O)O.[Mn]. The molecule has 1 radical (unpaired) electrons. The second kappa shape index (κ2) is 2.58. The van der Waals surface area contributed by atoms with Gasteiger partial charge in [-0.15, -0.1) is 0 Å². The van der Waals surface area contributed by atoms with Crippen LogP contribution in [0.2, 0.25) is 0 Å². The number of hydrogen-bond acceptors (Lipinski definition) is 2. The first kappa shape index (κ1) is 9.66. The van der Waals surface area contributed by atoms with Gasteiger partial charge < -0.3 is 0 Å². The van der Waals surface area contributed by atoms with E-state index in [1.807, 2.05) is 0 Å². The first-order valence-electron chi connectivity index (χ1n) is 0.924. The van der Waals surface area contributed by atoms with Crippen LogP contribution in [0.5, 0.6) is 0 Å². The summed E-state index contributed by atoms with van der Waals surface area (Å²) in [5.74, 6) is 0. The molecule has 0 aliphatic rings. The molecule has 0 aromatic rings. The van der Waals surface area contributed by atoms with E-state index in [1.165, 1.54) is 0 Å². The van der Waals surface area contributed by atoms with E-state index in [1.54, 1.807) is 0 Å². The quantitative estimate of drug-likeness (QED) is 0.375. The van der Waals surface area contributed by atoms with Gasteiger partial charge in [0.15, 0.2) is 0 Å². The zero-order valence-electron chi connectivity index (χ0n) is 3.05. The molecule has 0 amide bonds. The zero-order chi connectivity index (χ0) is 4.50. The van der Waals surface area contributed by atoms with Crippen molar-refractivity contribution in [1.82, 2.24) is 0 Å². The Morgan fingerprint density at radius 1 is 1.50 bits per heavy atom. The van der Waals surface area contributed by atoms with Gasteiger partial charge in [0.05, 0.1) is 6.26 Å².